The van der Waals surface area contributed by atoms with Gasteiger partial charge in [0, 0.05) is 16.5 Å². The van der Waals surface area contributed by atoms with Gasteiger partial charge in [-0.05, 0) is 17.5 Å². The molecule has 1 rings (SSSR count). The van der Waals surface area contributed by atoms with Gasteiger partial charge in [0.1, 0.15) is 12.6 Å². The fraction of sp³-hybridized carbons (Fsp3) is 0.500. The Morgan fingerprint density at radius 2 is 1.57 bits per heavy atom. The van der Waals surface area contributed by atoms with E-state index in [1.807, 2.05) is 19.9 Å². The van der Waals surface area contributed by atoms with Gasteiger partial charge in [0.15, 0.2) is 0 Å². The Morgan fingerprint density at radius 1 is 1.05 bits per heavy atom. The standard InChI is InChI=1S/C11H12O2.C5H12O3/c1-8(2)11-4-3-9(6-12)5-10(11)7-13;1-5(2-6,3-7)4-8/h3-8H,1-2H3;6-8H,2-4H2,1H3. The van der Waals surface area contributed by atoms with Gasteiger partial charge in [-0.25, -0.2) is 0 Å². The summed E-state index contributed by atoms with van der Waals surface area (Å²) < 4.78 is 0. The summed E-state index contributed by atoms with van der Waals surface area (Å²) in [6.07, 6.45) is 1.54. The normalized spacial score (nSPS) is 10.8. The first-order chi connectivity index (χ1) is 9.87. The SMILES string of the molecule is CC(C)c1ccc(C=O)cc1C=O.CC(CO)(CO)CO. The Labute approximate surface area is 125 Å². The summed E-state index contributed by atoms with van der Waals surface area (Å²) in [5.41, 5.74) is 1.44. The molecule has 0 spiro atoms. The molecule has 0 aliphatic carbocycles. The van der Waals surface area contributed by atoms with Crippen LogP contribution in [0.2, 0.25) is 0 Å². The van der Waals surface area contributed by atoms with E-state index in [1.54, 1.807) is 19.1 Å². The average molecular weight is 296 g/mol. The molecular weight excluding hydrogens is 272 g/mol. The van der Waals surface area contributed by atoms with Crippen LogP contribution in [0, 0.1) is 5.41 Å². The van der Waals surface area contributed by atoms with Gasteiger partial charge in [-0.2, -0.15) is 0 Å². The van der Waals surface area contributed by atoms with Crippen molar-refractivity contribution in [2.45, 2.75) is 26.7 Å². The highest BCUT2D eigenvalue weighted by Gasteiger charge is 2.20. The molecular formula is C16H24O5. The lowest BCUT2D eigenvalue weighted by molar-refractivity contribution is 0.0200. The van der Waals surface area contributed by atoms with E-state index >= 15 is 0 Å². The molecule has 0 fully saturated rings. The van der Waals surface area contributed by atoms with Crippen molar-refractivity contribution in [2.75, 3.05) is 19.8 Å². The van der Waals surface area contributed by atoms with Crippen LogP contribution in [0.25, 0.3) is 0 Å². The minimum Gasteiger partial charge on any atom is -0.396 e. The Bertz CT molecular complexity index is 442. The van der Waals surface area contributed by atoms with Gasteiger partial charge in [0.2, 0.25) is 0 Å². The fourth-order valence-electron chi connectivity index (χ4n) is 1.44. The Morgan fingerprint density at radius 3 is 1.86 bits per heavy atom. The largest absolute Gasteiger partial charge is 0.396 e. The Kier molecular flexibility index (Phi) is 8.69. The number of aliphatic hydroxyl groups is 3. The molecule has 0 aromatic heterocycles. The zero-order valence-corrected chi connectivity index (χ0v) is 12.7. The lowest BCUT2D eigenvalue weighted by atomic mass is 9.95. The summed E-state index contributed by atoms with van der Waals surface area (Å²) in [5.74, 6) is 0.306. The molecule has 5 nitrogen and oxygen atoms in total. The smallest absolute Gasteiger partial charge is 0.150 e. The van der Waals surface area contributed by atoms with Crippen LogP contribution in [0.3, 0.4) is 0 Å². The number of hydrogen-bond donors (Lipinski definition) is 3. The highest BCUT2D eigenvalue weighted by Crippen LogP contribution is 2.18. The van der Waals surface area contributed by atoms with E-state index in [2.05, 4.69) is 0 Å². The molecule has 118 valence electrons. The first-order valence-electron chi connectivity index (χ1n) is 6.74. The number of hydrogen-bond acceptors (Lipinski definition) is 5. The monoisotopic (exact) mass is 296 g/mol. The average Bonchev–Trinajstić information content (AvgIpc) is 2.53. The van der Waals surface area contributed by atoms with Crippen molar-refractivity contribution in [1.82, 2.24) is 0 Å². The van der Waals surface area contributed by atoms with Crippen molar-refractivity contribution < 1.29 is 24.9 Å². The molecule has 0 radical (unpaired) electrons. The van der Waals surface area contributed by atoms with Gasteiger partial charge in [0.05, 0.1) is 19.8 Å². The molecule has 21 heavy (non-hydrogen) atoms. The summed E-state index contributed by atoms with van der Waals surface area (Å²) in [4.78, 5) is 21.1. The third-order valence-corrected chi connectivity index (χ3v) is 3.14. The molecule has 0 saturated carbocycles. The number of rotatable bonds is 6. The first-order valence-corrected chi connectivity index (χ1v) is 6.74. The lowest BCUT2D eigenvalue weighted by Gasteiger charge is -2.20. The van der Waals surface area contributed by atoms with E-state index in [9.17, 15) is 9.59 Å². The van der Waals surface area contributed by atoms with Gasteiger partial charge < -0.3 is 15.3 Å². The predicted octanol–water partition coefficient (Wildman–Crippen LogP) is 1.40. The molecule has 0 atom stereocenters. The summed E-state index contributed by atoms with van der Waals surface area (Å²) in [7, 11) is 0. The molecule has 0 saturated heterocycles. The van der Waals surface area contributed by atoms with E-state index in [0.29, 0.717) is 17.0 Å². The fourth-order valence-corrected chi connectivity index (χ4v) is 1.44. The van der Waals surface area contributed by atoms with Crippen LogP contribution < -0.4 is 0 Å². The molecule has 0 amide bonds. The maximum atomic E-state index is 10.7. The van der Waals surface area contributed by atoms with E-state index < -0.39 is 5.41 Å². The molecule has 0 unspecified atom stereocenters. The van der Waals surface area contributed by atoms with E-state index in [1.165, 1.54) is 0 Å². The van der Waals surface area contributed by atoms with E-state index in [4.69, 9.17) is 15.3 Å². The van der Waals surface area contributed by atoms with Gasteiger partial charge in [-0.15, -0.1) is 0 Å². The predicted molar refractivity (Wildman–Crippen MR) is 80.7 cm³/mol. The van der Waals surface area contributed by atoms with Gasteiger partial charge in [-0.1, -0.05) is 32.9 Å². The zero-order valence-electron chi connectivity index (χ0n) is 12.7. The highest BCUT2D eigenvalue weighted by atomic mass is 16.3. The van der Waals surface area contributed by atoms with Crippen molar-refractivity contribution in [3.05, 3.63) is 34.9 Å². The third kappa shape index (κ3) is 6.16. The molecule has 1 aromatic rings. The molecule has 0 aliphatic heterocycles. The van der Waals surface area contributed by atoms with Crippen molar-refractivity contribution >= 4 is 12.6 Å². The Balaban J connectivity index is 0.000000433. The highest BCUT2D eigenvalue weighted by molar-refractivity contribution is 5.83. The number of carbonyl (C=O) groups is 2. The minimum absolute atomic E-state index is 0.181. The number of aliphatic hydroxyl groups excluding tert-OH is 3. The van der Waals surface area contributed by atoms with Gasteiger partial charge in [0.25, 0.3) is 0 Å². The molecule has 0 bridgehead atoms. The summed E-state index contributed by atoms with van der Waals surface area (Å²) >= 11 is 0. The van der Waals surface area contributed by atoms with Crippen LogP contribution in [0.15, 0.2) is 18.2 Å². The van der Waals surface area contributed by atoms with E-state index in [0.717, 1.165) is 18.1 Å². The minimum atomic E-state index is -0.708. The second kappa shape index (κ2) is 9.39. The second-order valence-electron chi connectivity index (χ2n) is 5.56. The van der Waals surface area contributed by atoms with Crippen LogP contribution in [0.1, 0.15) is 53.0 Å². The maximum absolute atomic E-state index is 10.7. The quantitative estimate of drug-likeness (QED) is 0.690. The number of carbonyl (C=O) groups excluding carboxylic acids is 2. The van der Waals surface area contributed by atoms with Crippen LogP contribution in [-0.4, -0.2) is 47.7 Å². The third-order valence-electron chi connectivity index (χ3n) is 3.14. The molecule has 3 N–H and O–H groups in total. The summed E-state index contributed by atoms with van der Waals surface area (Å²) in [5, 5.41) is 25.4. The van der Waals surface area contributed by atoms with Gasteiger partial charge >= 0.3 is 0 Å². The molecule has 1 aromatic carbocycles. The molecule has 5 heteroatoms. The van der Waals surface area contributed by atoms with Crippen molar-refractivity contribution in [3.63, 3.8) is 0 Å². The molecule has 0 heterocycles. The van der Waals surface area contributed by atoms with Gasteiger partial charge in [-0.3, -0.25) is 9.59 Å². The van der Waals surface area contributed by atoms with E-state index in [-0.39, 0.29) is 19.8 Å². The Hall–Kier alpha value is -1.56. The number of benzene rings is 1. The topological polar surface area (TPSA) is 94.8 Å². The second-order valence-corrected chi connectivity index (χ2v) is 5.56. The van der Waals surface area contributed by atoms with Crippen molar-refractivity contribution in [2.24, 2.45) is 5.41 Å². The molecule has 0 aliphatic rings. The van der Waals surface area contributed by atoms with Crippen LogP contribution >= 0.6 is 0 Å². The van der Waals surface area contributed by atoms with Crippen LogP contribution in [0.5, 0.6) is 0 Å². The first kappa shape index (κ1) is 19.4. The number of aldehydes is 2. The summed E-state index contributed by atoms with van der Waals surface area (Å²) in [6, 6.07) is 5.18. The maximum Gasteiger partial charge on any atom is 0.150 e. The van der Waals surface area contributed by atoms with Crippen molar-refractivity contribution in [1.29, 1.82) is 0 Å². The summed E-state index contributed by atoms with van der Waals surface area (Å²) in [6.45, 7) is 5.10. The zero-order chi connectivity index (χ0) is 16.5. The van der Waals surface area contributed by atoms with Crippen molar-refractivity contribution in [3.8, 4) is 0 Å². The van der Waals surface area contributed by atoms with Crippen LogP contribution in [-0.2, 0) is 0 Å². The lowest BCUT2D eigenvalue weighted by Crippen LogP contribution is -2.29. The van der Waals surface area contributed by atoms with Crippen LogP contribution in [0.4, 0.5) is 0 Å².